The second kappa shape index (κ2) is 18.7. The first-order valence-electron chi connectivity index (χ1n) is 11.6. The number of amides is 1. The molecule has 0 aliphatic carbocycles. The first-order chi connectivity index (χ1) is 16.8. The van der Waals surface area contributed by atoms with Crippen molar-refractivity contribution in [1.82, 2.24) is 20.4 Å². The van der Waals surface area contributed by atoms with Crippen molar-refractivity contribution in [2.45, 2.75) is 27.2 Å². The normalized spacial score (nSPS) is 10.9. The summed E-state index contributed by atoms with van der Waals surface area (Å²) in [4.78, 5) is 18.7. The topological polar surface area (TPSA) is 148 Å². The van der Waals surface area contributed by atoms with E-state index in [1.54, 1.807) is 0 Å². The Bertz CT molecular complexity index is 824. The zero-order valence-electron chi connectivity index (χ0n) is 20.0. The van der Waals surface area contributed by atoms with Gasteiger partial charge in [-0.05, 0) is 18.5 Å². The maximum atomic E-state index is 14.2. The molecule has 6 N–H and O–H groups in total. The minimum absolute atomic E-state index is 0. The number of azide groups is 1. The van der Waals surface area contributed by atoms with Gasteiger partial charge in [0.05, 0.1) is 0 Å². The van der Waals surface area contributed by atoms with Crippen LogP contribution in [0.5, 0.6) is 0 Å². The van der Waals surface area contributed by atoms with Crippen LogP contribution in [0.2, 0.25) is 0 Å². The first-order valence-corrected chi connectivity index (χ1v) is 11.6. The summed E-state index contributed by atoms with van der Waals surface area (Å²) in [5.41, 5.74) is 16.6. The molecule has 0 bridgehead atoms. The number of carbonyl (C=O) groups excluding carboxylic acids is 1. The molecule has 1 aromatic carbocycles. The maximum absolute atomic E-state index is 14.2. The largest absolute Gasteiger partial charge is 0.351 e. The number of nitrogens with one attached hydrogen (secondary N) is 2. The highest BCUT2D eigenvalue weighted by Crippen LogP contribution is 2.30. The summed E-state index contributed by atoms with van der Waals surface area (Å²) in [7, 11) is 0. The molecular formula is C22H39F4N9O. The molecule has 206 valence electrons. The van der Waals surface area contributed by atoms with E-state index < -0.39 is 40.4 Å². The third-order valence-corrected chi connectivity index (χ3v) is 5.26. The summed E-state index contributed by atoms with van der Waals surface area (Å²) in [6.07, 6.45) is 2.11. The molecule has 0 aliphatic heterocycles. The van der Waals surface area contributed by atoms with Gasteiger partial charge >= 0.3 is 0 Å². The Kier molecular flexibility index (Phi) is 17.5. The van der Waals surface area contributed by atoms with E-state index >= 15 is 0 Å². The van der Waals surface area contributed by atoms with Crippen molar-refractivity contribution in [2.75, 3.05) is 72.0 Å². The molecule has 0 unspecified atom stereocenters. The molecule has 1 amide bonds. The average Bonchev–Trinajstić information content (AvgIpc) is 2.84. The van der Waals surface area contributed by atoms with Crippen molar-refractivity contribution < 1.29 is 22.4 Å². The quantitative estimate of drug-likeness (QED) is 0.0582. The van der Waals surface area contributed by atoms with Gasteiger partial charge in [-0.1, -0.05) is 25.9 Å². The Morgan fingerprint density at radius 3 is 2.00 bits per heavy atom. The van der Waals surface area contributed by atoms with Gasteiger partial charge in [-0.3, -0.25) is 9.69 Å². The van der Waals surface area contributed by atoms with Crippen molar-refractivity contribution in [1.29, 1.82) is 0 Å². The van der Waals surface area contributed by atoms with Gasteiger partial charge in [0, 0.05) is 70.4 Å². The molecule has 0 aromatic heterocycles. The van der Waals surface area contributed by atoms with Gasteiger partial charge in [-0.25, -0.2) is 17.6 Å². The van der Waals surface area contributed by atoms with Gasteiger partial charge in [0.2, 0.25) is 0 Å². The number of rotatable bonds is 18. The molecular weight excluding hydrogens is 482 g/mol. The molecule has 36 heavy (non-hydrogen) atoms. The van der Waals surface area contributed by atoms with E-state index in [0.29, 0.717) is 32.7 Å². The molecule has 0 radical (unpaired) electrons. The van der Waals surface area contributed by atoms with E-state index in [4.69, 9.17) is 17.0 Å². The van der Waals surface area contributed by atoms with Gasteiger partial charge < -0.3 is 27.0 Å². The van der Waals surface area contributed by atoms with E-state index in [-0.39, 0.29) is 14.0 Å². The highest BCUT2D eigenvalue weighted by molar-refractivity contribution is 5.95. The van der Waals surface area contributed by atoms with Crippen LogP contribution in [0.3, 0.4) is 0 Å². The minimum atomic E-state index is -1.94. The van der Waals surface area contributed by atoms with E-state index in [9.17, 15) is 22.4 Å². The predicted octanol–water partition coefficient (Wildman–Crippen LogP) is 2.46. The van der Waals surface area contributed by atoms with Crippen LogP contribution in [0.15, 0.2) is 5.11 Å². The number of nitrogens with two attached hydrogens (primary N) is 2. The molecule has 1 rings (SSSR count). The highest BCUT2D eigenvalue weighted by atomic mass is 19.2. The fourth-order valence-corrected chi connectivity index (χ4v) is 3.35. The Morgan fingerprint density at radius 1 is 0.889 bits per heavy atom. The summed E-state index contributed by atoms with van der Waals surface area (Å²) in [6.45, 7) is 8.53. The second-order valence-electron chi connectivity index (χ2n) is 7.79. The molecule has 0 atom stereocenters. The highest BCUT2D eigenvalue weighted by Gasteiger charge is 2.28. The van der Waals surface area contributed by atoms with Crippen molar-refractivity contribution in [3.63, 3.8) is 0 Å². The third kappa shape index (κ3) is 10.6. The van der Waals surface area contributed by atoms with Crippen LogP contribution < -0.4 is 22.1 Å². The number of hydrogen-bond acceptors (Lipinski definition) is 7. The Labute approximate surface area is 210 Å². The lowest BCUT2D eigenvalue weighted by atomic mass is 10.1. The summed E-state index contributed by atoms with van der Waals surface area (Å²) < 4.78 is 56.2. The summed E-state index contributed by atoms with van der Waals surface area (Å²) in [5.74, 6) is -9.07. The zero-order valence-corrected chi connectivity index (χ0v) is 20.0. The van der Waals surface area contributed by atoms with Crippen molar-refractivity contribution in [2.24, 2.45) is 16.6 Å². The van der Waals surface area contributed by atoms with Crippen LogP contribution >= 0.6 is 0 Å². The van der Waals surface area contributed by atoms with Crippen molar-refractivity contribution in [3.05, 3.63) is 39.3 Å². The van der Waals surface area contributed by atoms with Crippen LogP contribution in [-0.4, -0.2) is 87.7 Å². The Hall–Kier alpha value is -2.48. The SMILES string of the molecule is C.CCCCN(CCNCCN)CCN(CCN)CCNC(=O)c1c(F)c(F)c(N=[N+]=[N-])c(F)c1F. The minimum Gasteiger partial charge on any atom is -0.351 e. The van der Waals surface area contributed by atoms with Gasteiger partial charge in [0.25, 0.3) is 5.91 Å². The van der Waals surface area contributed by atoms with Crippen LogP contribution in [0, 0.1) is 23.3 Å². The third-order valence-electron chi connectivity index (χ3n) is 5.26. The van der Waals surface area contributed by atoms with Gasteiger partial charge in [-0.15, -0.1) is 0 Å². The van der Waals surface area contributed by atoms with Crippen LogP contribution in [0.25, 0.3) is 10.4 Å². The molecule has 0 saturated carbocycles. The number of nitrogens with zero attached hydrogens (tertiary/aromatic N) is 5. The van der Waals surface area contributed by atoms with E-state index in [1.807, 2.05) is 4.90 Å². The second-order valence-corrected chi connectivity index (χ2v) is 7.79. The zero-order chi connectivity index (χ0) is 26.2. The molecule has 0 spiro atoms. The number of benzene rings is 1. The Morgan fingerprint density at radius 2 is 1.47 bits per heavy atom. The average molecular weight is 522 g/mol. The number of carbonyl (C=O) groups is 1. The monoisotopic (exact) mass is 521 g/mol. The summed E-state index contributed by atoms with van der Waals surface area (Å²) in [5, 5.41) is 8.13. The fraction of sp³-hybridized carbons (Fsp3) is 0.682. The molecule has 1 aromatic rings. The number of halogens is 4. The molecule has 0 heterocycles. The van der Waals surface area contributed by atoms with Crippen molar-refractivity contribution >= 4 is 11.6 Å². The van der Waals surface area contributed by atoms with Crippen LogP contribution in [0.1, 0.15) is 37.6 Å². The van der Waals surface area contributed by atoms with Gasteiger partial charge in [0.15, 0.2) is 23.3 Å². The maximum Gasteiger partial charge on any atom is 0.257 e. The predicted molar refractivity (Wildman–Crippen MR) is 133 cm³/mol. The van der Waals surface area contributed by atoms with E-state index in [2.05, 4.69) is 32.5 Å². The van der Waals surface area contributed by atoms with E-state index in [1.165, 1.54) is 0 Å². The Balaban J connectivity index is 0.0000122. The first kappa shape index (κ1) is 33.5. The van der Waals surface area contributed by atoms with Crippen LogP contribution in [0.4, 0.5) is 23.2 Å². The number of unbranched alkanes of at least 4 members (excludes halogenated alkanes) is 1. The lowest BCUT2D eigenvalue weighted by Gasteiger charge is -2.27. The summed E-state index contributed by atoms with van der Waals surface area (Å²) >= 11 is 0. The molecule has 0 saturated heterocycles. The smallest absolute Gasteiger partial charge is 0.257 e. The van der Waals surface area contributed by atoms with E-state index in [0.717, 1.165) is 45.6 Å². The molecule has 0 aliphatic rings. The summed E-state index contributed by atoms with van der Waals surface area (Å²) in [6, 6.07) is 0. The van der Waals surface area contributed by atoms with Crippen LogP contribution in [-0.2, 0) is 0 Å². The molecule has 0 fully saturated rings. The lowest BCUT2D eigenvalue weighted by Crippen LogP contribution is -2.43. The molecule has 14 heteroatoms. The fourth-order valence-electron chi connectivity index (χ4n) is 3.35. The standard InChI is InChI=1S/C21H35F4N9O.CH4/c1-2-3-9-33(11-7-29-6-4-26)13-14-34(10-5-27)12-8-30-21(35)15-16(22)18(24)20(31-32-28)19(25)17(15)23;/h29H,2-14,26-27H2,1H3,(H,30,35);1H4. The lowest BCUT2D eigenvalue weighted by molar-refractivity contribution is 0.0936. The van der Waals surface area contributed by atoms with Gasteiger partial charge in [0.1, 0.15) is 11.3 Å². The van der Waals surface area contributed by atoms with Crippen molar-refractivity contribution in [3.8, 4) is 0 Å². The molecule has 10 nitrogen and oxygen atoms in total. The number of hydrogen-bond donors (Lipinski definition) is 4. The van der Waals surface area contributed by atoms with Gasteiger partial charge in [-0.2, -0.15) is 0 Å².